The summed E-state index contributed by atoms with van der Waals surface area (Å²) in [5.74, 6) is -1.90. The van der Waals surface area contributed by atoms with Crippen LogP contribution in [0.15, 0.2) is 28.0 Å². The second kappa shape index (κ2) is 7.17. The van der Waals surface area contributed by atoms with E-state index in [1.54, 1.807) is 20.8 Å². The van der Waals surface area contributed by atoms with Gasteiger partial charge in [-0.2, -0.15) is 0 Å². The average Bonchev–Trinajstić information content (AvgIpc) is 2.48. The lowest BCUT2D eigenvalue weighted by atomic mass is 9.84. The third-order valence-corrected chi connectivity index (χ3v) is 7.15. The molecule has 0 unspecified atom stereocenters. The third-order valence-electron chi connectivity index (χ3n) is 4.09. The van der Waals surface area contributed by atoms with Crippen molar-refractivity contribution < 1.29 is 23.4 Å². The smallest absolute Gasteiger partial charge is 0.339 e. The van der Waals surface area contributed by atoms with Crippen LogP contribution in [0, 0.1) is 6.92 Å². The molecule has 0 aliphatic carbocycles. The van der Waals surface area contributed by atoms with Gasteiger partial charge in [-0.3, -0.25) is 0 Å². The lowest BCUT2D eigenvalue weighted by Gasteiger charge is -2.24. The van der Waals surface area contributed by atoms with Crippen LogP contribution >= 0.6 is 34.8 Å². The first-order valence-corrected chi connectivity index (χ1v) is 10.3. The molecule has 0 aliphatic heterocycles. The summed E-state index contributed by atoms with van der Waals surface area (Å²) in [5.41, 5.74) is -1.11. The average molecular weight is 452 g/mol. The highest BCUT2D eigenvalue weighted by Crippen LogP contribution is 2.41. The van der Waals surface area contributed by atoms with E-state index in [0.717, 1.165) is 6.07 Å². The molecule has 0 spiro atoms. The fourth-order valence-corrected chi connectivity index (χ4v) is 5.20. The number of phenols is 1. The Bertz CT molecular complexity index is 1050. The Labute approximate surface area is 172 Å². The minimum atomic E-state index is -4.24. The number of hydrogen-bond acceptors (Lipinski definition) is 4. The minimum absolute atomic E-state index is 0.00873. The predicted molar refractivity (Wildman–Crippen MR) is 105 cm³/mol. The summed E-state index contributed by atoms with van der Waals surface area (Å²) < 4.78 is 26.5. The van der Waals surface area contributed by atoms with Crippen molar-refractivity contribution in [2.24, 2.45) is 0 Å². The third kappa shape index (κ3) is 3.90. The molecule has 2 rings (SSSR count). The number of carboxylic acids is 1. The van der Waals surface area contributed by atoms with E-state index < -0.39 is 32.5 Å². The molecule has 146 valence electrons. The second-order valence-electron chi connectivity index (χ2n) is 7.03. The molecule has 0 radical (unpaired) electrons. The number of hydrogen-bond donors (Lipinski definition) is 2. The number of carbonyl (C=O) groups is 1. The summed E-state index contributed by atoms with van der Waals surface area (Å²) in [4.78, 5) is 11.1. The van der Waals surface area contributed by atoms with Gasteiger partial charge in [-0.05, 0) is 36.1 Å². The zero-order chi connectivity index (χ0) is 20.9. The molecule has 9 heteroatoms. The van der Waals surface area contributed by atoms with Crippen molar-refractivity contribution in [2.45, 2.75) is 42.9 Å². The fraction of sp³-hybridized carbons (Fsp3) is 0.278. The van der Waals surface area contributed by atoms with Crippen LogP contribution in [0.1, 0.15) is 42.3 Å². The van der Waals surface area contributed by atoms with Crippen molar-refractivity contribution in [3.8, 4) is 5.75 Å². The number of aromatic carboxylic acids is 1. The zero-order valence-corrected chi connectivity index (χ0v) is 18.0. The van der Waals surface area contributed by atoms with Gasteiger partial charge >= 0.3 is 5.97 Å². The van der Waals surface area contributed by atoms with Crippen LogP contribution in [0.4, 0.5) is 0 Å². The van der Waals surface area contributed by atoms with Crippen LogP contribution in [0.3, 0.4) is 0 Å². The first-order chi connectivity index (χ1) is 12.2. The Morgan fingerprint density at radius 2 is 1.48 bits per heavy atom. The Kier molecular flexibility index (Phi) is 5.79. The van der Waals surface area contributed by atoms with Gasteiger partial charge in [0, 0.05) is 5.56 Å². The molecule has 5 nitrogen and oxygen atoms in total. The van der Waals surface area contributed by atoms with E-state index >= 15 is 0 Å². The predicted octanol–water partition coefficient (Wildman–Crippen LogP) is 5.49. The van der Waals surface area contributed by atoms with Crippen LogP contribution in [0.5, 0.6) is 5.75 Å². The van der Waals surface area contributed by atoms with Gasteiger partial charge in [-0.1, -0.05) is 55.6 Å². The van der Waals surface area contributed by atoms with Crippen molar-refractivity contribution in [1.29, 1.82) is 0 Å². The monoisotopic (exact) mass is 450 g/mol. The molecule has 0 fully saturated rings. The number of aromatic hydroxyl groups is 1. The Balaban J connectivity index is 2.95. The van der Waals surface area contributed by atoms with Crippen LogP contribution < -0.4 is 0 Å². The molecule has 0 bridgehead atoms. The minimum Gasteiger partial charge on any atom is -0.507 e. The van der Waals surface area contributed by atoms with Crippen molar-refractivity contribution in [2.75, 3.05) is 0 Å². The van der Waals surface area contributed by atoms with E-state index in [1.807, 2.05) is 0 Å². The lowest BCUT2D eigenvalue weighted by molar-refractivity contribution is 0.0692. The number of carboxylic acid groups (broad SMARTS) is 1. The molecule has 0 aliphatic rings. The first kappa shape index (κ1) is 21.8. The van der Waals surface area contributed by atoms with Crippen LogP contribution in [0.25, 0.3) is 0 Å². The van der Waals surface area contributed by atoms with Gasteiger partial charge in [0.2, 0.25) is 9.84 Å². The van der Waals surface area contributed by atoms with Crippen LogP contribution in [-0.2, 0) is 15.3 Å². The van der Waals surface area contributed by atoms with Crippen molar-refractivity contribution in [1.82, 2.24) is 0 Å². The molecule has 0 heterocycles. The van der Waals surface area contributed by atoms with Crippen molar-refractivity contribution >= 4 is 50.6 Å². The van der Waals surface area contributed by atoms with Gasteiger partial charge in [0.1, 0.15) is 11.3 Å². The summed E-state index contributed by atoms with van der Waals surface area (Å²) >= 11 is 17.9. The zero-order valence-electron chi connectivity index (χ0n) is 14.9. The standard InChI is InChI=1S/C18H17Cl3O5S/c1-8-13(5-9(18(2,3)4)16(22)15(8)17(23)24)27(25,26)14-7-11(20)10(19)6-12(14)21/h5-7,22H,1-4H3,(H,23,24). The summed E-state index contributed by atoms with van der Waals surface area (Å²) in [5, 5.41) is 19.9. The number of sulfone groups is 1. The summed E-state index contributed by atoms with van der Waals surface area (Å²) in [6, 6.07) is 3.59. The quantitative estimate of drug-likeness (QED) is 0.602. The van der Waals surface area contributed by atoms with E-state index in [2.05, 4.69) is 0 Å². The first-order valence-electron chi connectivity index (χ1n) is 7.69. The van der Waals surface area contributed by atoms with E-state index in [-0.39, 0.29) is 36.0 Å². The van der Waals surface area contributed by atoms with Gasteiger partial charge in [0.25, 0.3) is 0 Å². The molecule has 2 aromatic carbocycles. The fourth-order valence-electron chi connectivity index (χ4n) is 2.68. The van der Waals surface area contributed by atoms with E-state index in [9.17, 15) is 23.4 Å². The molecule has 0 aromatic heterocycles. The van der Waals surface area contributed by atoms with E-state index in [1.165, 1.54) is 19.1 Å². The molecular weight excluding hydrogens is 435 g/mol. The Morgan fingerprint density at radius 1 is 0.963 bits per heavy atom. The van der Waals surface area contributed by atoms with Crippen LogP contribution in [-0.4, -0.2) is 24.6 Å². The maximum absolute atomic E-state index is 13.2. The van der Waals surface area contributed by atoms with Gasteiger partial charge < -0.3 is 10.2 Å². The normalized spacial score (nSPS) is 12.3. The highest BCUT2D eigenvalue weighted by molar-refractivity contribution is 7.91. The Hall–Kier alpha value is -1.47. The summed E-state index contributed by atoms with van der Waals surface area (Å²) in [6.45, 7) is 6.50. The van der Waals surface area contributed by atoms with Crippen LogP contribution in [0.2, 0.25) is 15.1 Å². The maximum atomic E-state index is 13.2. The topological polar surface area (TPSA) is 91.7 Å². The number of halogens is 3. The van der Waals surface area contributed by atoms with Gasteiger partial charge in [-0.25, -0.2) is 13.2 Å². The van der Waals surface area contributed by atoms with Crippen molar-refractivity contribution in [3.63, 3.8) is 0 Å². The maximum Gasteiger partial charge on any atom is 0.339 e. The van der Waals surface area contributed by atoms with Crippen molar-refractivity contribution in [3.05, 3.63) is 50.0 Å². The van der Waals surface area contributed by atoms with Gasteiger partial charge in [-0.15, -0.1) is 0 Å². The molecule has 0 saturated carbocycles. The second-order valence-corrected chi connectivity index (χ2v) is 10.1. The molecule has 0 amide bonds. The molecule has 27 heavy (non-hydrogen) atoms. The highest BCUT2D eigenvalue weighted by Gasteiger charge is 2.32. The van der Waals surface area contributed by atoms with E-state index in [0.29, 0.717) is 0 Å². The molecule has 0 saturated heterocycles. The lowest BCUT2D eigenvalue weighted by Crippen LogP contribution is -2.17. The Morgan fingerprint density at radius 3 is 1.96 bits per heavy atom. The van der Waals surface area contributed by atoms with Gasteiger partial charge in [0.05, 0.1) is 24.9 Å². The molecule has 0 atom stereocenters. The molecule has 2 aromatic rings. The summed E-state index contributed by atoms with van der Waals surface area (Å²) in [6.07, 6.45) is 0. The largest absolute Gasteiger partial charge is 0.507 e. The molecular formula is C18H17Cl3O5S. The highest BCUT2D eigenvalue weighted by atomic mass is 35.5. The molecule has 2 N–H and O–H groups in total. The van der Waals surface area contributed by atoms with Gasteiger partial charge in [0.15, 0.2) is 0 Å². The van der Waals surface area contributed by atoms with E-state index in [4.69, 9.17) is 34.8 Å². The summed E-state index contributed by atoms with van der Waals surface area (Å²) in [7, 11) is -4.24. The SMILES string of the molecule is Cc1c(S(=O)(=O)c2cc(Cl)c(Cl)cc2Cl)cc(C(C)(C)C)c(O)c1C(=O)O. The number of benzene rings is 2. The number of rotatable bonds is 3.